The van der Waals surface area contributed by atoms with Crippen molar-refractivity contribution in [2.45, 2.75) is 33.1 Å². The molecule has 0 N–H and O–H groups in total. The molecule has 0 aromatic heterocycles. The lowest BCUT2D eigenvalue weighted by molar-refractivity contribution is 0.310. The summed E-state index contributed by atoms with van der Waals surface area (Å²) in [6, 6.07) is 8.82. The van der Waals surface area contributed by atoms with E-state index in [2.05, 4.69) is 49.7 Å². The molecule has 2 rings (SSSR count). The van der Waals surface area contributed by atoms with Gasteiger partial charge in [0.25, 0.3) is 0 Å². The Morgan fingerprint density at radius 3 is 2.00 bits per heavy atom. The SMILES string of the molecule is CCO[P+]1(N(CC)CC)Cc2ccccc2C1. The average molecular weight is 252 g/mol. The molecule has 3 heteroatoms. The van der Waals surface area contributed by atoms with Crippen molar-refractivity contribution < 1.29 is 4.52 Å². The molecular formula is C14H23NOP+. The number of fused-ring (bicyclic) bond motifs is 1. The van der Waals surface area contributed by atoms with E-state index in [1.54, 1.807) is 0 Å². The Balaban J connectivity index is 2.28. The van der Waals surface area contributed by atoms with E-state index in [-0.39, 0.29) is 0 Å². The molecule has 0 fully saturated rings. The Labute approximate surface area is 105 Å². The molecule has 0 radical (unpaired) electrons. The average Bonchev–Trinajstić information content (AvgIpc) is 2.69. The molecule has 0 atom stereocenters. The van der Waals surface area contributed by atoms with Crippen LogP contribution in [-0.2, 0) is 16.8 Å². The highest BCUT2D eigenvalue weighted by Crippen LogP contribution is 2.71. The molecule has 1 aromatic rings. The van der Waals surface area contributed by atoms with E-state index in [1.165, 1.54) is 11.1 Å². The summed E-state index contributed by atoms with van der Waals surface area (Å²) < 4.78 is 8.82. The maximum Gasteiger partial charge on any atom is 0.224 e. The maximum absolute atomic E-state index is 6.25. The van der Waals surface area contributed by atoms with Crippen molar-refractivity contribution in [2.24, 2.45) is 0 Å². The Hall–Kier alpha value is -0.430. The third-order valence-electron chi connectivity index (χ3n) is 3.57. The van der Waals surface area contributed by atoms with Crippen LogP contribution in [0.15, 0.2) is 24.3 Å². The van der Waals surface area contributed by atoms with Crippen LogP contribution < -0.4 is 0 Å². The number of benzene rings is 1. The molecule has 1 aromatic carbocycles. The predicted octanol–water partition coefficient (Wildman–Crippen LogP) is 3.93. The van der Waals surface area contributed by atoms with Crippen molar-refractivity contribution in [3.63, 3.8) is 0 Å². The summed E-state index contributed by atoms with van der Waals surface area (Å²) in [6.45, 7) is 9.63. The molecular weight excluding hydrogens is 229 g/mol. The van der Waals surface area contributed by atoms with Gasteiger partial charge in [-0.2, -0.15) is 4.67 Å². The van der Waals surface area contributed by atoms with Gasteiger partial charge in [-0.15, -0.1) is 0 Å². The smallest absolute Gasteiger partial charge is 0.219 e. The number of hydrogen-bond acceptors (Lipinski definition) is 2. The summed E-state index contributed by atoms with van der Waals surface area (Å²) in [5.41, 5.74) is 3.00. The lowest BCUT2D eigenvalue weighted by Crippen LogP contribution is -2.25. The second-order valence-electron chi connectivity index (χ2n) is 4.49. The highest BCUT2D eigenvalue weighted by Gasteiger charge is 2.50. The molecule has 1 aliphatic rings. The Morgan fingerprint density at radius 1 is 1.06 bits per heavy atom. The summed E-state index contributed by atoms with van der Waals surface area (Å²) in [4.78, 5) is 0. The van der Waals surface area contributed by atoms with E-state index in [0.717, 1.165) is 32.0 Å². The fourth-order valence-electron chi connectivity index (χ4n) is 2.81. The molecule has 17 heavy (non-hydrogen) atoms. The molecule has 0 spiro atoms. The molecule has 1 heterocycles. The zero-order valence-corrected chi connectivity index (χ0v) is 12.0. The molecule has 0 bridgehead atoms. The Kier molecular flexibility index (Phi) is 4.19. The number of rotatable bonds is 5. The minimum atomic E-state index is -1.41. The van der Waals surface area contributed by atoms with E-state index in [0.29, 0.717) is 0 Å². The fraction of sp³-hybridized carbons (Fsp3) is 0.571. The molecule has 0 saturated carbocycles. The van der Waals surface area contributed by atoms with Gasteiger partial charge in [0, 0.05) is 24.2 Å². The van der Waals surface area contributed by atoms with Crippen molar-refractivity contribution in [3.05, 3.63) is 35.4 Å². The molecule has 2 nitrogen and oxygen atoms in total. The maximum atomic E-state index is 6.25. The first-order valence-electron chi connectivity index (χ1n) is 6.59. The van der Waals surface area contributed by atoms with Crippen molar-refractivity contribution in [1.29, 1.82) is 0 Å². The standard InChI is InChI=1S/C14H23NOP/c1-4-15(5-2)17(16-6-3)11-13-9-7-8-10-14(13)12-17/h7-10H,4-6,11-12H2,1-3H3/q+1. The van der Waals surface area contributed by atoms with Gasteiger partial charge in [-0.1, -0.05) is 24.3 Å². The van der Waals surface area contributed by atoms with Gasteiger partial charge < -0.3 is 0 Å². The first-order valence-corrected chi connectivity index (χ1v) is 8.62. The highest BCUT2D eigenvalue weighted by molar-refractivity contribution is 7.67. The topological polar surface area (TPSA) is 12.5 Å². The van der Waals surface area contributed by atoms with Crippen LogP contribution in [0.3, 0.4) is 0 Å². The second kappa shape index (κ2) is 5.48. The lowest BCUT2D eigenvalue weighted by Gasteiger charge is -2.30. The lowest BCUT2D eigenvalue weighted by atomic mass is 10.1. The third-order valence-corrected chi connectivity index (χ3v) is 7.57. The Bertz CT molecular complexity index is 351. The van der Waals surface area contributed by atoms with E-state index in [9.17, 15) is 0 Å². The van der Waals surface area contributed by atoms with Gasteiger partial charge in [0.2, 0.25) is 7.64 Å². The quantitative estimate of drug-likeness (QED) is 0.736. The molecule has 0 aliphatic carbocycles. The van der Waals surface area contributed by atoms with E-state index in [4.69, 9.17) is 4.52 Å². The van der Waals surface area contributed by atoms with Crippen molar-refractivity contribution in [2.75, 3.05) is 19.7 Å². The van der Waals surface area contributed by atoms with Crippen LogP contribution in [0, 0.1) is 0 Å². The van der Waals surface area contributed by atoms with Crippen LogP contribution in [-0.4, -0.2) is 24.4 Å². The van der Waals surface area contributed by atoms with Crippen LogP contribution in [0.5, 0.6) is 0 Å². The molecule has 1 aliphatic heterocycles. The van der Waals surface area contributed by atoms with Crippen molar-refractivity contribution in [1.82, 2.24) is 4.67 Å². The van der Waals surface area contributed by atoms with Crippen LogP contribution in [0.2, 0.25) is 0 Å². The largest absolute Gasteiger partial charge is 0.224 e. The Morgan fingerprint density at radius 2 is 1.59 bits per heavy atom. The van der Waals surface area contributed by atoms with E-state index < -0.39 is 7.64 Å². The summed E-state index contributed by atoms with van der Waals surface area (Å²) in [5.74, 6) is 0. The fourth-order valence-corrected chi connectivity index (χ4v) is 6.86. The van der Waals surface area contributed by atoms with Crippen LogP contribution in [0.25, 0.3) is 0 Å². The normalized spacial score (nSPS) is 17.4. The molecule has 94 valence electrons. The zero-order valence-electron chi connectivity index (χ0n) is 11.1. The molecule has 0 saturated heterocycles. The first kappa shape index (κ1) is 13.0. The van der Waals surface area contributed by atoms with Gasteiger partial charge in [-0.05, 0) is 20.8 Å². The van der Waals surface area contributed by atoms with Crippen molar-refractivity contribution in [3.8, 4) is 0 Å². The van der Waals surface area contributed by atoms with Crippen LogP contribution in [0.1, 0.15) is 31.9 Å². The van der Waals surface area contributed by atoms with Gasteiger partial charge >= 0.3 is 0 Å². The van der Waals surface area contributed by atoms with Gasteiger partial charge in [0.1, 0.15) is 12.3 Å². The molecule has 0 unspecified atom stereocenters. The van der Waals surface area contributed by atoms with E-state index in [1.807, 2.05) is 0 Å². The van der Waals surface area contributed by atoms with Crippen LogP contribution >= 0.6 is 7.64 Å². The van der Waals surface area contributed by atoms with Gasteiger partial charge in [0.15, 0.2) is 0 Å². The van der Waals surface area contributed by atoms with Gasteiger partial charge in [-0.3, -0.25) is 0 Å². The van der Waals surface area contributed by atoms with Gasteiger partial charge in [0.05, 0.1) is 6.61 Å². The summed E-state index contributed by atoms with van der Waals surface area (Å²) in [7, 11) is -1.41. The first-order chi connectivity index (χ1) is 8.25. The van der Waals surface area contributed by atoms with E-state index >= 15 is 0 Å². The predicted molar refractivity (Wildman–Crippen MR) is 75.3 cm³/mol. The second-order valence-corrected chi connectivity index (χ2v) is 7.64. The summed E-state index contributed by atoms with van der Waals surface area (Å²) in [5, 5.41) is 0. The monoisotopic (exact) mass is 252 g/mol. The minimum Gasteiger partial charge on any atom is -0.219 e. The molecule has 0 amide bonds. The minimum absolute atomic E-state index is 0.832. The van der Waals surface area contributed by atoms with Crippen LogP contribution in [0.4, 0.5) is 0 Å². The van der Waals surface area contributed by atoms with Gasteiger partial charge in [-0.25, -0.2) is 4.52 Å². The zero-order chi connectivity index (χ0) is 12.3. The number of nitrogens with zero attached hydrogens (tertiary/aromatic N) is 1. The summed E-state index contributed by atoms with van der Waals surface area (Å²) >= 11 is 0. The highest BCUT2D eigenvalue weighted by atomic mass is 31.2. The third kappa shape index (κ3) is 2.40. The number of hydrogen-bond donors (Lipinski definition) is 0. The van der Waals surface area contributed by atoms with Crippen molar-refractivity contribution >= 4 is 7.64 Å². The summed E-state index contributed by atoms with van der Waals surface area (Å²) in [6.07, 6.45) is 2.28.